The lowest BCUT2D eigenvalue weighted by molar-refractivity contribution is -0.150. The van der Waals surface area contributed by atoms with E-state index in [0.29, 0.717) is 5.75 Å². The summed E-state index contributed by atoms with van der Waals surface area (Å²) >= 11 is 0. The molecule has 3 amide bonds. The smallest absolute Gasteiger partial charge is 0.344 e. The lowest BCUT2D eigenvalue weighted by Crippen LogP contribution is -2.44. The van der Waals surface area contributed by atoms with E-state index in [4.69, 9.17) is 9.47 Å². The Hall–Kier alpha value is -3.35. The van der Waals surface area contributed by atoms with Crippen molar-refractivity contribution >= 4 is 17.9 Å². The number of esters is 1. The number of ether oxygens (including phenoxy) is 2. The van der Waals surface area contributed by atoms with Crippen molar-refractivity contribution in [3.05, 3.63) is 54.6 Å². The minimum atomic E-state index is -0.709. The zero-order chi connectivity index (χ0) is 20.4. The number of para-hydroxylation sites is 1. The molecule has 0 fully saturated rings. The van der Waals surface area contributed by atoms with E-state index in [9.17, 15) is 14.4 Å². The molecule has 0 radical (unpaired) electrons. The van der Waals surface area contributed by atoms with Crippen molar-refractivity contribution in [2.45, 2.75) is 26.3 Å². The second kappa shape index (κ2) is 10.7. The molecule has 0 aliphatic carbocycles. The molecule has 0 unspecified atom stereocenters. The van der Waals surface area contributed by atoms with E-state index in [-0.39, 0.29) is 12.6 Å². The third-order valence-corrected chi connectivity index (χ3v) is 3.92. The van der Waals surface area contributed by atoms with Gasteiger partial charge in [0.05, 0.1) is 0 Å². The normalized spacial score (nSPS) is 11.2. The van der Waals surface area contributed by atoms with Crippen LogP contribution in [0.25, 0.3) is 11.1 Å². The highest BCUT2D eigenvalue weighted by Crippen LogP contribution is 2.29. The fourth-order valence-electron chi connectivity index (χ4n) is 2.30. The first-order valence-corrected chi connectivity index (χ1v) is 9.02. The Kier molecular flexibility index (Phi) is 8.02. The van der Waals surface area contributed by atoms with Gasteiger partial charge in [0.1, 0.15) is 5.75 Å². The SMILES string of the molecule is CC[C@H](C)NC(=O)NC(=O)COC(=O)COc1ccccc1-c1ccccc1. The van der Waals surface area contributed by atoms with Crippen LogP contribution in [0.1, 0.15) is 20.3 Å². The molecule has 0 aliphatic heterocycles. The number of nitrogens with one attached hydrogen (secondary N) is 2. The lowest BCUT2D eigenvalue weighted by Gasteiger charge is -2.12. The largest absolute Gasteiger partial charge is 0.481 e. The van der Waals surface area contributed by atoms with E-state index in [1.165, 1.54) is 0 Å². The van der Waals surface area contributed by atoms with Crippen LogP contribution in [-0.4, -0.2) is 37.2 Å². The first kappa shape index (κ1) is 21.0. The van der Waals surface area contributed by atoms with Crippen LogP contribution in [0.3, 0.4) is 0 Å². The van der Waals surface area contributed by atoms with Gasteiger partial charge in [-0.3, -0.25) is 10.1 Å². The summed E-state index contributed by atoms with van der Waals surface area (Å²) in [5.41, 5.74) is 1.80. The molecule has 7 heteroatoms. The van der Waals surface area contributed by atoms with Crippen molar-refractivity contribution in [3.63, 3.8) is 0 Å². The molecule has 0 aliphatic rings. The molecule has 2 rings (SSSR count). The summed E-state index contributed by atoms with van der Waals surface area (Å²) in [6.07, 6.45) is 0.735. The van der Waals surface area contributed by atoms with E-state index in [2.05, 4.69) is 10.6 Å². The van der Waals surface area contributed by atoms with E-state index in [1.54, 1.807) is 12.1 Å². The molecule has 0 saturated heterocycles. The molecular formula is C21H24N2O5. The molecule has 28 heavy (non-hydrogen) atoms. The second-order valence-electron chi connectivity index (χ2n) is 6.14. The maximum Gasteiger partial charge on any atom is 0.344 e. The fraction of sp³-hybridized carbons (Fsp3) is 0.286. The van der Waals surface area contributed by atoms with Crippen LogP contribution in [0.15, 0.2) is 54.6 Å². The highest BCUT2D eigenvalue weighted by atomic mass is 16.6. The van der Waals surface area contributed by atoms with Gasteiger partial charge >= 0.3 is 12.0 Å². The molecule has 0 saturated carbocycles. The number of hydrogen-bond acceptors (Lipinski definition) is 5. The first-order chi connectivity index (χ1) is 13.5. The minimum Gasteiger partial charge on any atom is -0.481 e. The Balaban J connectivity index is 1.81. The summed E-state index contributed by atoms with van der Waals surface area (Å²) in [6, 6.07) is 16.3. The summed E-state index contributed by atoms with van der Waals surface area (Å²) in [4.78, 5) is 35.0. The highest BCUT2D eigenvalue weighted by molar-refractivity contribution is 5.95. The number of hydrogen-bond donors (Lipinski definition) is 2. The van der Waals surface area contributed by atoms with Crippen molar-refractivity contribution in [1.29, 1.82) is 0 Å². The Morgan fingerprint density at radius 2 is 1.64 bits per heavy atom. The third kappa shape index (κ3) is 6.75. The van der Waals surface area contributed by atoms with Crippen LogP contribution < -0.4 is 15.4 Å². The molecule has 2 N–H and O–H groups in total. The van der Waals surface area contributed by atoms with Gasteiger partial charge in [-0.1, -0.05) is 55.5 Å². The van der Waals surface area contributed by atoms with Gasteiger partial charge in [0.25, 0.3) is 5.91 Å². The zero-order valence-corrected chi connectivity index (χ0v) is 15.9. The number of carbonyl (C=O) groups excluding carboxylic acids is 3. The Bertz CT molecular complexity index is 807. The topological polar surface area (TPSA) is 93.7 Å². The van der Waals surface area contributed by atoms with Crippen molar-refractivity contribution in [2.75, 3.05) is 13.2 Å². The van der Waals surface area contributed by atoms with Crippen LogP contribution >= 0.6 is 0 Å². The van der Waals surface area contributed by atoms with E-state index in [1.807, 2.05) is 56.3 Å². The Morgan fingerprint density at radius 3 is 2.36 bits per heavy atom. The Labute approximate surface area is 164 Å². The molecular weight excluding hydrogens is 360 g/mol. The molecule has 0 aromatic heterocycles. The van der Waals surface area contributed by atoms with E-state index >= 15 is 0 Å². The number of amides is 3. The highest BCUT2D eigenvalue weighted by Gasteiger charge is 2.13. The average Bonchev–Trinajstić information content (AvgIpc) is 2.71. The number of urea groups is 1. The number of benzene rings is 2. The summed E-state index contributed by atoms with van der Waals surface area (Å²) < 4.78 is 10.4. The quantitative estimate of drug-likeness (QED) is 0.683. The molecule has 0 heterocycles. The van der Waals surface area contributed by atoms with Gasteiger partial charge in [-0.15, -0.1) is 0 Å². The van der Waals surface area contributed by atoms with Crippen LogP contribution in [-0.2, 0) is 14.3 Å². The average molecular weight is 384 g/mol. The van der Waals surface area contributed by atoms with Gasteiger partial charge < -0.3 is 14.8 Å². The monoisotopic (exact) mass is 384 g/mol. The summed E-state index contributed by atoms with van der Waals surface area (Å²) in [5, 5.41) is 4.68. The standard InChI is InChI=1S/C21H24N2O5/c1-3-15(2)22-21(26)23-19(24)13-28-20(25)14-27-18-12-8-7-11-17(18)16-9-5-4-6-10-16/h4-12,15H,3,13-14H2,1-2H3,(H2,22,23,24,26)/t15-/m0/s1. The van der Waals surface area contributed by atoms with E-state index in [0.717, 1.165) is 17.5 Å². The molecule has 2 aromatic rings. The second-order valence-corrected chi connectivity index (χ2v) is 6.14. The van der Waals surface area contributed by atoms with Crippen molar-refractivity contribution in [3.8, 4) is 16.9 Å². The van der Waals surface area contributed by atoms with Gasteiger partial charge in [0.15, 0.2) is 13.2 Å². The van der Waals surface area contributed by atoms with Gasteiger partial charge in [-0.2, -0.15) is 0 Å². The number of imide groups is 1. The number of carbonyl (C=O) groups is 3. The van der Waals surface area contributed by atoms with Crippen LogP contribution in [0.2, 0.25) is 0 Å². The van der Waals surface area contributed by atoms with Gasteiger partial charge in [-0.25, -0.2) is 9.59 Å². The summed E-state index contributed by atoms with van der Waals surface area (Å²) in [6.45, 7) is 2.81. The molecule has 148 valence electrons. The minimum absolute atomic E-state index is 0.0616. The maximum atomic E-state index is 11.9. The van der Waals surface area contributed by atoms with Gasteiger partial charge in [-0.05, 0) is 25.0 Å². The molecule has 1 atom stereocenters. The van der Waals surface area contributed by atoms with E-state index < -0.39 is 24.5 Å². The molecule has 2 aromatic carbocycles. The molecule has 0 bridgehead atoms. The molecule has 0 spiro atoms. The molecule has 7 nitrogen and oxygen atoms in total. The summed E-state index contributed by atoms with van der Waals surface area (Å²) in [7, 11) is 0. The van der Waals surface area contributed by atoms with Crippen LogP contribution in [0, 0.1) is 0 Å². The van der Waals surface area contributed by atoms with Crippen molar-refractivity contribution in [1.82, 2.24) is 10.6 Å². The lowest BCUT2D eigenvalue weighted by atomic mass is 10.1. The fourth-order valence-corrected chi connectivity index (χ4v) is 2.30. The van der Waals surface area contributed by atoms with Gasteiger partial charge in [0, 0.05) is 11.6 Å². The third-order valence-electron chi connectivity index (χ3n) is 3.92. The summed E-state index contributed by atoms with van der Waals surface area (Å²) in [5.74, 6) is -0.887. The zero-order valence-electron chi connectivity index (χ0n) is 15.9. The van der Waals surface area contributed by atoms with Crippen LogP contribution in [0.4, 0.5) is 4.79 Å². The predicted molar refractivity (Wildman–Crippen MR) is 105 cm³/mol. The number of rotatable bonds is 8. The van der Waals surface area contributed by atoms with Crippen molar-refractivity contribution in [2.24, 2.45) is 0 Å². The van der Waals surface area contributed by atoms with Crippen molar-refractivity contribution < 1.29 is 23.9 Å². The van der Waals surface area contributed by atoms with Gasteiger partial charge in [0.2, 0.25) is 0 Å². The maximum absolute atomic E-state index is 11.9. The van der Waals surface area contributed by atoms with Crippen LogP contribution in [0.5, 0.6) is 5.75 Å². The predicted octanol–water partition coefficient (Wildman–Crippen LogP) is 2.90. The Morgan fingerprint density at radius 1 is 0.964 bits per heavy atom. The first-order valence-electron chi connectivity index (χ1n) is 9.02.